The van der Waals surface area contributed by atoms with E-state index >= 15 is 0 Å². The Hall–Kier alpha value is -3.96. The third-order valence-corrected chi connectivity index (χ3v) is 6.65. The minimum Gasteiger partial charge on any atom is -0.465 e. The van der Waals surface area contributed by atoms with Gasteiger partial charge < -0.3 is 15.0 Å². The molecule has 0 aliphatic heterocycles. The monoisotopic (exact) mass is 472 g/mol. The lowest BCUT2D eigenvalue weighted by atomic mass is 9.95. The molecule has 2 aromatic heterocycles. The predicted molar refractivity (Wildman–Crippen MR) is 134 cm³/mol. The number of fused-ring (bicyclic) bond motifs is 1. The number of amides is 1. The second-order valence-electron chi connectivity index (χ2n) is 8.46. The third kappa shape index (κ3) is 4.43. The smallest absolute Gasteiger partial charge is 0.404 e. The molecule has 0 atom stereocenters. The van der Waals surface area contributed by atoms with Gasteiger partial charge in [0.1, 0.15) is 16.0 Å². The van der Waals surface area contributed by atoms with Crippen LogP contribution in [0.3, 0.4) is 0 Å². The van der Waals surface area contributed by atoms with Crippen molar-refractivity contribution in [2.24, 2.45) is 5.92 Å². The minimum absolute atomic E-state index is 0.00334. The van der Waals surface area contributed by atoms with Gasteiger partial charge in [-0.2, -0.15) is 5.26 Å². The molecule has 0 saturated heterocycles. The number of hydrogen-bond acceptors (Lipinski definition) is 5. The predicted octanol–water partition coefficient (Wildman–Crippen LogP) is 5.40. The van der Waals surface area contributed by atoms with Gasteiger partial charge in [0.05, 0.1) is 12.2 Å². The van der Waals surface area contributed by atoms with Gasteiger partial charge >= 0.3 is 6.09 Å². The number of carboxylic acid groups (broad SMARTS) is 1. The Morgan fingerprint density at radius 3 is 2.53 bits per heavy atom. The number of nitriles is 1. The quantitative estimate of drug-likeness (QED) is 0.391. The summed E-state index contributed by atoms with van der Waals surface area (Å²) < 4.78 is 1.69. The van der Waals surface area contributed by atoms with E-state index in [-0.39, 0.29) is 18.0 Å². The first-order chi connectivity index (χ1) is 16.3. The molecule has 0 spiro atoms. The Balaban J connectivity index is 2.08. The number of nitrogens with one attached hydrogen (secondary N) is 1. The van der Waals surface area contributed by atoms with Gasteiger partial charge in [0, 0.05) is 28.8 Å². The Kier molecular flexibility index (Phi) is 6.48. The summed E-state index contributed by atoms with van der Waals surface area (Å²) >= 11 is 1.31. The van der Waals surface area contributed by atoms with Gasteiger partial charge in [-0.05, 0) is 35.9 Å². The molecule has 4 aromatic rings. The van der Waals surface area contributed by atoms with E-state index in [0.717, 1.165) is 22.1 Å². The Morgan fingerprint density at radius 1 is 1.18 bits per heavy atom. The van der Waals surface area contributed by atoms with E-state index in [9.17, 15) is 20.0 Å². The van der Waals surface area contributed by atoms with Crippen LogP contribution in [0.4, 0.5) is 4.79 Å². The van der Waals surface area contributed by atoms with Crippen LogP contribution in [0.5, 0.6) is 0 Å². The van der Waals surface area contributed by atoms with Crippen molar-refractivity contribution in [3.8, 4) is 27.8 Å². The molecule has 7 nitrogen and oxygen atoms in total. The molecule has 0 aliphatic rings. The summed E-state index contributed by atoms with van der Waals surface area (Å²) in [5.41, 5.74) is 3.62. The zero-order valence-electron chi connectivity index (χ0n) is 19.1. The van der Waals surface area contributed by atoms with Gasteiger partial charge in [-0.25, -0.2) is 9.78 Å². The summed E-state index contributed by atoms with van der Waals surface area (Å²) in [7, 11) is 0. The number of aryl methyl sites for hydroxylation is 1. The highest BCUT2D eigenvalue weighted by Crippen LogP contribution is 2.35. The molecule has 34 heavy (non-hydrogen) atoms. The van der Waals surface area contributed by atoms with Crippen LogP contribution in [-0.4, -0.2) is 20.8 Å². The SMILES string of the molecule is Cc1nc(-c2ccc3c(=O)n(CC(C)C)c(CNC(=O)O)c(-c4ccccc4)c3c2)sc1C#N. The second kappa shape index (κ2) is 9.49. The molecule has 0 radical (unpaired) electrons. The Bertz CT molecular complexity index is 1480. The summed E-state index contributed by atoms with van der Waals surface area (Å²) in [6.45, 7) is 6.30. The fourth-order valence-corrected chi connectivity index (χ4v) is 4.94. The summed E-state index contributed by atoms with van der Waals surface area (Å²) in [6.07, 6.45) is -1.15. The molecule has 172 valence electrons. The molecular formula is C26H24N4O3S. The molecule has 0 bridgehead atoms. The van der Waals surface area contributed by atoms with Crippen LogP contribution in [0.1, 0.15) is 30.1 Å². The fourth-order valence-electron chi connectivity index (χ4n) is 4.08. The lowest BCUT2D eigenvalue weighted by Gasteiger charge is -2.21. The van der Waals surface area contributed by atoms with Gasteiger partial charge in [-0.3, -0.25) is 4.79 Å². The van der Waals surface area contributed by atoms with E-state index in [4.69, 9.17) is 0 Å². The van der Waals surface area contributed by atoms with Gasteiger partial charge in [-0.15, -0.1) is 11.3 Å². The average molecular weight is 473 g/mol. The summed E-state index contributed by atoms with van der Waals surface area (Å²) in [6, 6.07) is 17.4. The topological polar surface area (TPSA) is 108 Å². The van der Waals surface area contributed by atoms with Crippen molar-refractivity contribution in [3.63, 3.8) is 0 Å². The molecule has 0 unspecified atom stereocenters. The molecule has 2 N–H and O–H groups in total. The number of pyridine rings is 1. The maximum Gasteiger partial charge on any atom is 0.404 e. The van der Waals surface area contributed by atoms with Crippen LogP contribution >= 0.6 is 11.3 Å². The second-order valence-corrected chi connectivity index (χ2v) is 9.46. The maximum absolute atomic E-state index is 13.6. The van der Waals surface area contributed by atoms with Crippen LogP contribution in [0.15, 0.2) is 53.3 Å². The molecule has 0 aliphatic carbocycles. The van der Waals surface area contributed by atoms with Gasteiger partial charge in [0.25, 0.3) is 5.56 Å². The lowest BCUT2D eigenvalue weighted by molar-refractivity contribution is 0.193. The van der Waals surface area contributed by atoms with Crippen LogP contribution in [0.25, 0.3) is 32.5 Å². The van der Waals surface area contributed by atoms with Gasteiger partial charge in [-0.1, -0.05) is 50.2 Å². The highest BCUT2D eigenvalue weighted by atomic mass is 32.1. The molecule has 8 heteroatoms. The minimum atomic E-state index is -1.15. The first kappa shape index (κ1) is 23.2. The zero-order chi connectivity index (χ0) is 24.4. The van der Waals surface area contributed by atoms with E-state index in [1.54, 1.807) is 17.6 Å². The highest BCUT2D eigenvalue weighted by molar-refractivity contribution is 7.15. The van der Waals surface area contributed by atoms with Crippen LogP contribution in [0.2, 0.25) is 0 Å². The van der Waals surface area contributed by atoms with E-state index in [2.05, 4.69) is 16.4 Å². The molecule has 0 fully saturated rings. The number of benzene rings is 2. The molecule has 1 amide bonds. The number of aromatic nitrogens is 2. The van der Waals surface area contributed by atoms with Gasteiger partial charge in [0.2, 0.25) is 0 Å². The number of rotatable bonds is 6. The van der Waals surface area contributed by atoms with Crippen molar-refractivity contribution >= 4 is 28.2 Å². The standard InChI is InChI=1S/C26H24N4O3S/c1-15(2)14-30-21(13-28-26(32)33)23(17-7-5-4-6-8-17)20-11-18(9-10-19(20)25(30)31)24-29-16(3)22(12-27)34-24/h4-11,15,28H,13-14H2,1-3H3,(H,32,33). The summed E-state index contributed by atoms with van der Waals surface area (Å²) in [4.78, 5) is 30.1. The van der Waals surface area contributed by atoms with E-state index in [1.165, 1.54) is 11.3 Å². The fraction of sp³-hybridized carbons (Fsp3) is 0.231. The Morgan fingerprint density at radius 2 is 1.91 bits per heavy atom. The number of carbonyl (C=O) groups is 1. The molecule has 2 heterocycles. The molecule has 0 saturated carbocycles. The average Bonchev–Trinajstić information content (AvgIpc) is 3.20. The lowest BCUT2D eigenvalue weighted by Crippen LogP contribution is -2.31. The zero-order valence-corrected chi connectivity index (χ0v) is 19.9. The highest BCUT2D eigenvalue weighted by Gasteiger charge is 2.20. The third-order valence-electron chi connectivity index (χ3n) is 5.54. The first-order valence-corrected chi connectivity index (χ1v) is 11.7. The van der Waals surface area contributed by atoms with Crippen molar-refractivity contribution in [2.75, 3.05) is 0 Å². The van der Waals surface area contributed by atoms with E-state index < -0.39 is 6.09 Å². The Labute approximate surface area is 200 Å². The molecule has 4 rings (SSSR count). The van der Waals surface area contributed by atoms with Crippen molar-refractivity contribution < 1.29 is 9.90 Å². The van der Waals surface area contributed by atoms with Crippen LogP contribution in [-0.2, 0) is 13.1 Å². The first-order valence-electron chi connectivity index (χ1n) is 10.9. The van der Waals surface area contributed by atoms with Crippen molar-refractivity contribution in [1.29, 1.82) is 5.26 Å². The van der Waals surface area contributed by atoms with E-state index in [1.807, 2.05) is 56.3 Å². The van der Waals surface area contributed by atoms with Gasteiger partial charge in [0.15, 0.2) is 0 Å². The normalized spacial score (nSPS) is 11.0. The largest absolute Gasteiger partial charge is 0.465 e. The van der Waals surface area contributed by atoms with Crippen molar-refractivity contribution in [3.05, 3.63) is 75.1 Å². The van der Waals surface area contributed by atoms with Crippen molar-refractivity contribution in [1.82, 2.24) is 14.9 Å². The maximum atomic E-state index is 13.6. The number of hydrogen-bond donors (Lipinski definition) is 2. The van der Waals surface area contributed by atoms with Crippen LogP contribution < -0.4 is 10.9 Å². The number of nitrogens with zero attached hydrogens (tertiary/aromatic N) is 3. The number of thiazole rings is 1. The summed E-state index contributed by atoms with van der Waals surface area (Å²) in [5.74, 6) is 0.185. The molecular weight excluding hydrogens is 448 g/mol. The van der Waals surface area contributed by atoms with E-state index in [0.29, 0.717) is 33.2 Å². The van der Waals surface area contributed by atoms with Crippen molar-refractivity contribution in [2.45, 2.75) is 33.9 Å². The molecule has 2 aromatic carbocycles. The van der Waals surface area contributed by atoms with Crippen LogP contribution in [0, 0.1) is 24.2 Å². The summed E-state index contributed by atoms with van der Waals surface area (Å²) in [5, 5.41) is 23.1.